The molecule has 3 aliphatic rings. The van der Waals surface area contributed by atoms with Crippen molar-refractivity contribution >= 4 is 5.91 Å². The average molecular weight is 449 g/mol. The lowest BCUT2D eigenvalue weighted by Crippen LogP contribution is -2.62. The quantitative estimate of drug-likeness (QED) is 0.741. The molecule has 4 rings (SSSR count). The largest absolute Gasteiger partial charge is 0.389 e. The van der Waals surface area contributed by atoms with Gasteiger partial charge in [-0.15, -0.1) is 0 Å². The van der Waals surface area contributed by atoms with Crippen LogP contribution >= 0.6 is 0 Å². The van der Waals surface area contributed by atoms with E-state index in [0.29, 0.717) is 37.7 Å². The Morgan fingerprint density at radius 3 is 2.31 bits per heavy atom. The number of rotatable bonds is 4. The number of nitrogens with zero attached hydrogens (tertiary/aromatic N) is 2. The van der Waals surface area contributed by atoms with E-state index < -0.39 is 17.2 Å². The number of benzene rings is 1. The Kier molecular flexibility index (Phi) is 6.92. The third-order valence-electron chi connectivity index (χ3n) is 8.66. The molecule has 4 nitrogen and oxygen atoms in total. The topological polar surface area (TPSA) is 43.8 Å². The fourth-order valence-electron chi connectivity index (χ4n) is 6.81. The second-order valence-corrected chi connectivity index (χ2v) is 10.5. The van der Waals surface area contributed by atoms with Gasteiger partial charge in [0.2, 0.25) is 5.91 Å². The van der Waals surface area contributed by atoms with Gasteiger partial charge in [-0.3, -0.25) is 4.79 Å². The van der Waals surface area contributed by atoms with Crippen LogP contribution in [0.4, 0.5) is 8.78 Å². The summed E-state index contributed by atoms with van der Waals surface area (Å²) in [5.41, 5.74) is -0.303. The Morgan fingerprint density at radius 2 is 1.72 bits per heavy atom. The van der Waals surface area contributed by atoms with Crippen molar-refractivity contribution in [1.82, 2.24) is 9.80 Å². The van der Waals surface area contributed by atoms with E-state index in [-0.39, 0.29) is 29.6 Å². The van der Waals surface area contributed by atoms with E-state index in [1.54, 1.807) is 0 Å². The molecule has 178 valence electrons. The molecule has 1 aromatic rings. The van der Waals surface area contributed by atoms with Crippen LogP contribution in [0.3, 0.4) is 0 Å². The van der Waals surface area contributed by atoms with Gasteiger partial charge < -0.3 is 14.9 Å². The summed E-state index contributed by atoms with van der Waals surface area (Å²) in [6.45, 7) is 9.25. The number of aliphatic hydroxyl groups is 1. The van der Waals surface area contributed by atoms with Crippen LogP contribution in [0.1, 0.15) is 64.4 Å². The van der Waals surface area contributed by atoms with Gasteiger partial charge in [-0.1, -0.05) is 46.1 Å². The molecule has 3 fully saturated rings. The Bertz CT molecular complexity index is 814. The average Bonchev–Trinajstić information content (AvgIpc) is 3.21. The maximum absolute atomic E-state index is 14.6. The van der Waals surface area contributed by atoms with Crippen LogP contribution in [0.25, 0.3) is 0 Å². The molecule has 1 saturated carbocycles. The Hall–Kier alpha value is -1.53. The highest BCUT2D eigenvalue weighted by Crippen LogP contribution is 2.45. The number of hydrogen-bond acceptors (Lipinski definition) is 3. The van der Waals surface area contributed by atoms with Crippen molar-refractivity contribution in [1.29, 1.82) is 0 Å². The van der Waals surface area contributed by atoms with Crippen LogP contribution in [0.2, 0.25) is 0 Å². The van der Waals surface area contributed by atoms with Crippen molar-refractivity contribution in [2.75, 3.05) is 32.7 Å². The summed E-state index contributed by atoms with van der Waals surface area (Å²) in [4.78, 5) is 17.8. The van der Waals surface area contributed by atoms with E-state index in [1.165, 1.54) is 31.4 Å². The third kappa shape index (κ3) is 4.21. The third-order valence-corrected chi connectivity index (χ3v) is 8.66. The van der Waals surface area contributed by atoms with Crippen molar-refractivity contribution in [3.63, 3.8) is 0 Å². The monoisotopic (exact) mass is 448 g/mol. The Balaban J connectivity index is 1.53. The molecule has 6 heteroatoms. The van der Waals surface area contributed by atoms with Gasteiger partial charge >= 0.3 is 0 Å². The predicted molar refractivity (Wildman–Crippen MR) is 121 cm³/mol. The van der Waals surface area contributed by atoms with Crippen LogP contribution in [0, 0.1) is 35.3 Å². The summed E-state index contributed by atoms with van der Waals surface area (Å²) >= 11 is 0. The lowest BCUT2D eigenvalue weighted by Gasteiger charge is -2.53. The molecule has 1 aliphatic carbocycles. The van der Waals surface area contributed by atoms with Crippen molar-refractivity contribution in [3.8, 4) is 0 Å². The van der Waals surface area contributed by atoms with E-state index >= 15 is 0 Å². The highest BCUT2D eigenvalue weighted by Gasteiger charge is 2.51. The number of likely N-dealkylation sites (N-methyl/N-ethyl adjacent to an activating group) is 1. The first-order valence-corrected chi connectivity index (χ1v) is 12.4. The number of halogens is 2. The Labute approximate surface area is 191 Å². The zero-order chi connectivity index (χ0) is 23.0. The minimum atomic E-state index is -0.731. The molecule has 0 aromatic heterocycles. The fraction of sp³-hybridized carbons (Fsp3) is 0.731. The van der Waals surface area contributed by atoms with Gasteiger partial charge in [0.15, 0.2) is 0 Å². The maximum atomic E-state index is 14.6. The van der Waals surface area contributed by atoms with Gasteiger partial charge in [-0.05, 0) is 36.9 Å². The summed E-state index contributed by atoms with van der Waals surface area (Å²) < 4.78 is 28.1. The smallest absolute Gasteiger partial charge is 0.227 e. The van der Waals surface area contributed by atoms with Crippen LogP contribution < -0.4 is 0 Å². The molecule has 5 atom stereocenters. The summed E-state index contributed by atoms with van der Waals surface area (Å²) in [6.07, 6.45) is 5.74. The van der Waals surface area contributed by atoms with Gasteiger partial charge in [-0.25, -0.2) is 8.78 Å². The van der Waals surface area contributed by atoms with E-state index in [1.807, 2.05) is 11.8 Å². The summed E-state index contributed by atoms with van der Waals surface area (Å²) in [5, 5.41) is 11.7. The SMILES string of the molecule is CCN1C[C@@H](C(=O)N2C[C@@H](C)C(O)(C3CCCCC3)[C@@H](C)C2)[C@H](c2ccc(F)cc2F)C1. The molecule has 2 aliphatic heterocycles. The van der Waals surface area contributed by atoms with Gasteiger partial charge in [0.05, 0.1) is 11.5 Å². The summed E-state index contributed by atoms with van der Waals surface area (Å²) in [6, 6.07) is 3.70. The molecule has 32 heavy (non-hydrogen) atoms. The first kappa shape index (κ1) is 23.6. The molecular formula is C26H38F2N2O2. The molecule has 0 bridgehead atoms. The number of carbonyl (C=O) groups excluding carboxylic acids is 1. The van der Waals surface area contributed by atoms with Gasteiger partial charge in [-0.2, -0.15) is 0 Å². The van der Waals surface area contributed by atoms with E-state index in [4.69, 9.17) is 0 Å². The lowest BCUT2D eigenvalue weighted by molar-refractivity contribution is -0.166. The molecule has 1 unspecified atom stereocenters. The lowest BCUT2D eigenvalue weighted by atomic mass is 9.63. The maximum Gasteiger partial charge on any atom is 0.227 e. The highest BCUT2D eigenvalue weighted by atomic mass is 19.1. The number of likely N-dealkylation sites (tertiary alicyclic amines) is 2. The molecule has 1 amide bonds. The fourth-order valence-corrected chi connectivity index (χ4v) is 6.81. The molecule has 2 saturated heterocycles. The van der Waals surface area contributed by atoms with Crippen molar-refractivity contribution < 1.29 is 18.7 Å². The molecule has 1 aromatic carbocycles. The second kappa shape index (κ2) is 9.38. The van der Waals surface area contributed by atoms with E-state index in [0.717, 1.165) is 25.5 Å². The van der Waals surface area contributed by atoms with Gasteiger partial charge in [0.1, 0.15) is 11.6 Å². The highest BCUT2D eigenvalue weighted by molar-refractivity contribution is 5.81. The van der Waals surface area contributed by atoms with Crippen molar-refractivity contribution in [3.05, 3.63) is 35.4 Å². The second-order valence-electron chi connectivity index (χ2n) is 10.5. The summed E-state index contributed by atoms with van der Waals surface area (Å²) in [7, 11) is 0. The van der Waals surface area contributed by atoms with Crippen LogP contribution in [0.5, 0.6) is 0 Å². The van der Waals surface area contributed by atoms with Crippen molar-refractivity contribution in [2.24, 2.45) is 23.7 Å². The van der Waals surface area contributed by atoms with Crippen molar-refractivity contribution in [2.45, 2.75) is 64.4 Å². The predicted octanol–water partition coefficient (Wildman–Crippen LogP) is 4.43. The Morgan fingerprint density at radius 1 is 1.06 bits per heavy atom. The first-order chi connectivity index (χ1) is 15.3. The minimum absolute atomic E-state index is 0.00277. The number of amides is 1. The number of carbonyl (C=O) groups is 1. The molecule has 2 heterocycles. The molecular weight excluding hydrogens is 410 g/mol. The van der Waals surface area contributed by atoms with E-state index in [2.05, 4.69) is 18.7 Å². The minimum Gasteiger partial charge on any atom is -0.389 e. The summed E-state index contributed by atoms with van der Waals surface area (Å²) in [5.74, 6) is -1.45. The van der Waals surface area contributed by atoms with E-state index in [9.17, 15) is 18.7 Å². The normalized spacial score (nSPS) is 34.8. The zero-order valence-electron chi connectivity index (χ0n) is 19.7. The van der Waals surface area contributed by atoms with Gasteiger partial charge in [0, 0.05) is 50.0 Å². The number of hydrogen-bond donors (Lipinski definition) is 1. The standard InChI is InChI=1S/C26H38F2N2O2/c1-4-29-15-22(21-11-10-20(27)12-24(21)28)23(16-29)25(31)30-13-17(2)26(32,18(3)14-30)19-8-6-5-7-9-19/h10-12,17-19,22-23,32H,4-9,13-16H2,1-3H3/t17-,18+,22-,23+,26?/m0/s1. The molecule has 0 radical (unpaired) electrons. The van der Waals surface area contributed by atoms with Crippen LogP contribution in [-0.4, -0.2) is 59.1 Å². The molecule has 1 N–H and O–H groups in total. The van der Waals surface area contributed by atoms with Crippen LogP contribution in [0.15, 0.2) is 18.2 Å². The zero-order valence-corrected chi connectivity index (χ0v) is 19.7. The van der Waals surface area contributed by atoms with Crippen LogP contribution in [-0.2, 0) is 4.79 Å². The molecule has 0 spiro atoms. The first-order valence-electron chi connectivity index (χ1n) is 12.4. The number of piperidine rings is 1. The van der Waals surface area contributed by atoms with Gasteiger partial charge in [0.25, 0.3) is 0 Å².